The molecule has 0 aliphatic heterocycles. The molecule has 25 heavy (non-hydrogen) atoms. The molecule has 3 rings (SSSR count). The molecule has 0 aliphatic carbocycles. The monoisotopic (exact) mass is 355 g/mol. The number of halogens is 1. The van der Waals surface area contributed by atoms with Crippen LogP contribution >= 0.6 is 11.6 Å². The third kappa shape index (κ3) is 2.84. The largest absolute Gasteiger partial charge is 0.464 e. The number of hydrogen-bond donors (Lipinski definition) is 1. The summed E-state index contributed by atoms with van der Waals surface area (Å²) in [5, 5.41) is 14.0. The second-order valence-electron chi connectivity index (χ2n) is 5.37. The molecule has 3 aromatic rings. The molecule has 126 valence electrons. The van der Waals surface area contributed by atoms with Crippen LogP contribution in [0.4, 0.5) is 5.69 Å². The SMILES string of the molecule is COC(=O)c1c(N)c(C#N)cn1-c1cc(Cl)ccc1-n1cc(C)cn1. The van der Waals surface area contributed by atoms with Crippen molar-refractivity contribution in [3.8, 4) is 17.4 Å². The van der Waals surface area contributed by atoms with Gasteiger partial charge in [-0.1, -0.05) is 11.6 Å². The quantitative estimate of drug-likeness (QED) is 0.728. The molecule has 0 spiro atoms. The summed E-state index contributed by atoms with van der Waals surface area (Å²) in [5.74, 6) is -0.651. The first kappa shape index (κ1) is 16.6. The number of carbonyl (C=O) groups excluding carboxylic acids is 1. The van der Waals surface area contributed by atoms with Gasteiger partial charge in [-0.2, -0.15) is 10.4 Å². The Morgan fingerprint density at radius 1 is 1.36 bits per heavy atom. The first-order chi connectivity index (χ1) is 12.0. The fourth-order valence-electron chi connectivity index (χ4n) is 2.53. The Kier molecular flexibility index (Phi) is 4.21. The number of nitrogen functional groups attached to an aromatic ring is 1. The Bertz CT molecular complexity index is 1010. The van der Waals surface area contributed by atoms with E-state index >= 15 is 0 Å². The number of nitrogens with two attached hydrogens (primary N) is 1. The van der Waals surface area contributed by atoms with E-state index in [1.807, 2.05) is 19.2 Å². The summed E-state index contributed by atoms with van der Waals surface area (Å²) in [4.78, 5) is 12.2. The van der Waals surface area contributed by atoms with E-state index in [2.05, 4.69) is 5.10 Å². The van der Waals surface area contributed by atoms with Gasteiger partial charge in [0.05, 0.1) is 35.9 Å². The zero-order valence-electron chi connectivity index (χ0n) is 13.5. The number of aryl methyl sites for hydroxylation is 1. The predicted octanol–water partition coefficient (Wildman–Crippen LogP) is 2.87. The maximum Gasteiger partial charge on any atom is 0.357 e. The van der Waals surface area contributed by atoms with E-state index in [9.17, 15) is 10.1 Å². The van der Waals surface area contributed by atoms with Gasteiger partial charge in [0.15, 0.2) is 5.69 Å². The van der Waals surface area contributed by atoms with Crippen molar-refractivity contribution in [2.75, 3.05) is 12.8 Å². The molecule has 0 bridgehead atoms. The summed E-state index contributed by atoms with van der Waals surface area (Å²) in [5.41, 5.74) is 8.43. The van der Waals surface area contributed by atoms with Gasteiger partial charge in [-0.25, -0.2) is 9.48 Å². The second-order valence-corrected chi connectivity index (χ2v) is 5.81. The fraction of sp³-hybridized carbons (Fsp3) is 0.118. The number of nitrogens with zero attached hydrogens (tertiary/aromatic N) is 4. The van der Waals surface area contributed by atoms with E-state index in [4.69, 9.17) is 22.1 Å². The van der Waals surface area contributed by atoms with Crippen molar-refractivity contribution in [2.45, 2.75) is 6.92 Å². The minimum absolute atomic E-state index is 0.0527. The maximum absolute atomic E-state index is 12.2. The topological polar surface area (TPSA) is 98.9 Å². The highest BCUT2D eigenvalue weighted by molar-refractivity contribution is 6.30. The first-order valence-electron chi connectivity index (χ1n) is 7.27. The minimum atomic E-state index is -0.651. The number of carbonyl (C=O) groups is 1. The van der Waals surface area contributed by atoms with Gasteiger partial charge < -0.3 is 15.0 Å². The van der Waals surface area contributed by atoms with Gasteiger partial charge in [0.2, 0.25) is 0 Å². The molecule has 0 saturated heterocycles. The molecule has 0 unspecified atom stereocenters. The van der Waals surface area contributed by atoms with E-state index in [0.29, 0.717) is 16.4 Å². The van der Waals surface area contributed by atoms with Crippen molar-refractivity contribution >= 4 is 23.3 Å². The first-order valence-corrected chi connectivity index (χ1v) is 7.65. The molecule has 0 fully saturated rings. The molecule has 7 nitrogen and oxygen atoms in total. The molecule has 2 heterocycles. The van der Waals surface area contributed by atoms with Gasteiger partial charge in [-0.15, -0.1) is 0 Å². The zero-order valence-corrected chi connectivity index (χ0v) is 14.3. The summed E-state index contributed by atoms with van der Waals surface area (Å²) in [6.07, 6.45) is 5.03. The van der Waals surface area contributed by atoms with E-state index in [1.165, 1.54) is 17.9 Å². The molecule has 0 aliphatic rings. The summed E-state index contributed by atoms with van der Waals surface area (Å²) in [7, 11) is 1.25. The van der Waals surface area contributed by atoms with E-state index < -0.39 is 5.97 Å². The molecule has 2 N–H and O–H groups in total. The Balaban J connectivity index is 2.32. The van der Waals surface area contributed by atoms with Crippen molar-refractivity contribution < 1.29 is 9.53 Å². The average Bonchev–Trinajstić information content (AvgIpc) is 3.17. The highest BCUT2D eigenvalue weighted by Crippen LogP contribution is 2.30. The highest BCUT2D eigenvalue weighted by atomic mass is 35.5. The van der Waals surface area contributed by atoms with Crippen LogP contribution in [0.5, 0.6) is 0 Å². The number of benzene rings is 1. The van der Waals surface area contributed by atoms with Crippen LogP contribution < -0.4 is 5.73 Å². The van der Waals surface area contributed by atoms with E-state index in [0.717, 1.165) is 5.56 Å². The molecule has 8 heteroatoms. The van der Waals surface area contributed by atoms with Gasteiger partial charge in [-0.05, 0) is 30.7 Å². The summed E-state index contributed by atoms with van der Waals surface area (Å²) in [6, 6.07) is 7.13. The van der Waals surface area contributed by atoms with Crippen LogP contribution in [0.3, 0.4) is 0 Å². The number of hydrogen-bond acceptors (Lipinski definition) is 5. The van der Waals surface area contributed by atoms with Gasteiger partial charge >= 0.3 is 5.97 Å². The van der Waals surface area contributed by atoms with Gasteiger partial charge in [-0.3, -0.25) is 0 Å². The number of methoxy groups -OCH3 is 1. The molecule has 0 amide bonds. The van der Waals surface area contributed by atoms with E-state index in [-0.39, 0.29) is 16.9 Å². The van der Waals surface area contributed by atoms with Crippen LogP contribution in [0.25, 0.3) is 11.4 Å². The Morgan fingerprint density at radius 2 is 2.12 bits per heavy atom. The minimum Gasteiger partial charge on any atom is -0.464 e. The summed E-state index contributed by atoms with van der Waals surface area (Å²) < 4.78 is 7.97. The lowest BCUT2D eigenvalue weighted by Crippen LogP contribution is -2.13. The number of aromatic nitrogens is 3. The standard InChI is InChI=1S/C17H14ClN5O2/c1-10-7-21-23(8-10)13-4-3-12(18)5-14(13)22-9-11(6-19)15(20)16(22)17(24)25-2/h3-5,7-9H,20H2,1-2H3. The van der Waals surface area contributed by atoms with Crippen molar-refractivity contribution in [1.82, 2.24) is 14.3 Å². The number of nitriles is 1. The van der Waals surface area contributed by atoms with Gasteiger partial charge in [0.25, 0.3) is 0 Å². The van der Waals surface area contributed by atoms with Crippen LogP contribution in [-0.2, 0) is 4.74 Å². The Morgan fingerprint density at radius 3 is 2.72 bits per heavy atom. The van der Waals surface area contributed by atoms with Crippen molar-refractivity contribution in [1.29, 1.82) is 5.26 Å². The Labute approximate surface area is 148 Å². The summed E-state index contributed by atoms with van der Waals surface area (Å²) in [6.45, 7) is 1.92. The van der Waals surface area contributed by atoms with Crippen LogP contribution in [-0.4, -0.2) is 27.4 Å². The van der Waals surface area contributed by atoms with Gasteiger partial charge in [0, 0.05) is 17.4 Å². The predicted molar refractivity (Wildman–Crippen MR) is 93.1 cm³/mol. The van der Waals surface area contributed by atoms with Gasteiger partial charge in [0.1, 0.15) is 6.07 Å². The smallest absolute Gasteiger partial charge is 0.357 e. The van der Waals surface area contributed by atoms with Crippen molar-refractivity contribution in [2.24, 2.45) is 0 Å². The number of esters is 1. The van der Waals surface area contributed by atoms with E-state index in [1.54, 1.807) is 29.1 Å². The van der Waals surface area contributed by atoms with Crippen LogP contribution in [0.2, 0.25) is 5.02 Å². The molecular weight excluding hydrogens is 342 g/mol. The number of rotatable bonds is 3. The van der Waals surface area contributed by atoms with Crippen molar-refractivity contribution in [3.05, 3.63) is 58.6 Å². The maximum atomic E-state index is 12.2. The summed E-state index contributed by atoms with van der Waals surface area (Å²) >= 11 is 6.15. The zero-order chi connectivity index (χ0) is 18.1. The number of ether oxygens (including phenoxy) is 1. The Hall–Kier alpha value is -3.24. The molecule has 0 radical (unpaired) electrons. The molecular formula is C17H14ClN5O2. The molecule has 2 aromatic heterocycles. The highest BCUT2D eigenvalue weighted by Gasteiger charge is 2.23. The van der Waals surface area contributed by atoms with Crippen LogP contribution in [0.15, 0.2) is 36.8 Å². The second kappa shape index (κ2) is 6.34. The third-order valence-electron chi connectivity index (χ3n) is 3.70. The normalized spacial score (nSPS) is 10.5. The lowest BCUT2D eigenvalue weighted by atomic mass is 10.2. The fourth-order valence-corrected chi connectivity index (χ4v) is 2.70. The lowest BCUT2D eigenvalue weighted by Gasteiger charge is -2.14. The molecule has 1 aromatic carbocycles. The van der Waals surface area contributed by atoms with Crippen LogP contribution in [0, 0.1) is 18.3 Å². The average molecular weight is 356 g/mol. The lowest BCUT2D eigenvalue weighted by molar-refractivity contribution is 0.0593. The molecule has 0 saturated carbocycles. The van der Waals surface area contributed by atoms with Crippen molar-refractivity contribution in [3.63, 3.8) is 0 Å². The number of anilines is 1. The van der Waals surface area contributed by atoms with Crippen LogP contribution in [0.1, 0.15) is 21.6 Å². The molecule has 0 atom stereocenters. The third-order valence-corrected chi connectivity index (χ3v) is 3.93.